The first-order chi connectivity index (χ1) is 9.63. The number of rotatable bonds is 4. The van der Waals surface area contributed by atoms with E-state index in [9.17, 15) is 4.79 Å². The van der Waals surface area contributed by atoms with E-state index in [1.54, 1.807) is 0 Å². The summed E-state index contributed by atoms with van der Waals surface area (Å²) < 4.78 is 0. The van der Waals surface area contributed by atoms with Gasteiger partial charge in [0.1, 0.15) is 11.6 Å². The van der Waals surface area contributed by atoms with E-state index in [-0.39, 0.29) is 11.5 Å². The molecular formula is C16H19N3O. The maximum atomic E-state index is 11.6. The molecule has 2 atom stereocenters. The van der Waals surface area contributed by atoms with Gasteiger partial charge in [0.25, 0.3) is 5.56 Å². The van der Waals surface area contributed by atoms with Crippen LogP contribution in [0.5, 0.6) is 0 Å². The lowest BCUT2D eigenvalue weighted by atomic mass is 10.1. The maximum absolute atomic E-state index is 11.6. The number of aromatic nitrogens is 2. The van der Waals surface area contributed by atoms with Crippen molar-refractivity contribution in [3.8, 4) is 0 Å². The molecule has 4 nitrogen and oxygen atoms in total. The Kier molecular flexibility index (Phi) is 3.30. The highest BCUT2D eigenvalue weighted by molar-refractivity contribution is 5.41. The molecule has 1 heterocycles. The molecule has 0 aliphatic heterocycles. The molecule has 0 bridgehead atoms. The minimum absolute atomic E-state index is 0.0943. The van der Waals surface area contributed by atoms with Gasteiger partial charge in [-0.25, -0.2) is 4.98 Å². The van der Waals surface area contributed by atoms with E-state index in [4.69, 9.17) is 0 Å². The van der Waals surface area contributed by atoms with E-state index < -0.39 is 0 Å². The average Bonchev–Trinajstić information content (AvgIpc) is 3.18. The van der Waals surface area contributed by atoms with E-state index in [1.165, 1.54) is 11.6 Å². The predicted octanol–water partition coefficient (Wildman–Crippen LogP) is 2.86. The second-order valence-electron chi connectivity index (χ2n) is 5.67. The lowest BCUT2D eigenvalue weighted by Gasteiger charge is -2.09. The SMILES string of the molecule is CC(C)c1nc(NC2CC2c2ccccc2)cc(=O)[nH]1. The van der Waals surface area contributed by atoms with Crippen LogP contribution < -0.4 is 10.9 Å². The molecule has 1 aliphatic rings. The summed E-state index contributed by atoms with van der Waals surface area (Å²) in [6.45, 7) is 4.04. The molecule has 1 aliphatic carbocycles. The first kappa shape index (κ1) is 12.9. The van der Waals surface area contributed by atoms with Gasteiger partial charge >= 0.3 is 0 Å². The molecule has 2 unspecified atom stereocenters. The van der Waals surface area contributed by atoms with Crippen LogP contribution in [-0.4, -0.2) is 16.0 Å². The zero-order valence-corrected chi connectivity index (χ0v) is 11.8. The molecule has 2 N–H and O–H groups in total. The van der Waals surface area contributed by atoms with Gasteiger partial charge in [0.2, 0.25) is 0 Å². The number of aromatic amines is 1. The van der Waals surface area contributed by atoms with E-state index in [1.807, 2.05) is 19.9 Å². The first-order valence-corrected chi connectivity index (χ1v) is 7.06. The molecule has 1 aromatic carbocycles. The summed E-state index contributed by atoms with van der Waals surface area (Å²) in [5.41, 5.74) is 1.25. The first-order valence-electron chi connectivity index (χ1n) is 7.06. The van der Waals surface area contributed by atoms with Crippen LogP contribution in [0.3, 0.4) is 0 Å². The molecule has 0 radical (unpaired) electrons. The number of nitrogens with one attached hydrogen (secondary N) is 2. The van der Waals surface area contributed by atoms with Crippen LogP contribution in [0.4, 0.5) is 5.82 Å². The number of hydrogen-bond donors (Lipinski definition) is 2. The van der Waals surface area contributed by atoms with Gasteiger partial charge in [-0.3, -0.25) is 4.79 Å². The van der Waals surface area contributed by atoms with Crippen molar-refractivity contribution in [1.29, 1.82) is 0 Å². The highest BCUT2D eigenvalue weighted by Gasteiger charge is 2.38. The molecule has 1 saturated carbocycles. The Balaban J connectivity index is 1.73. The molecular weight excluding hydrogens is 250 g/mol. The maximum Gasteiger partial charge on any atom is 0.252 e. The lowest BCUT2D eigenvalue weighted by molar-refractivity contribution is 0.766. The number of anilines is 1. The Morgan fingerprint density at radius 1 is 1.30 bits per heavy atom. The molecule has 0 spiro atoms. The lowest BCUT2D eigenvalue weighted by Crippen LogP contribution is -2.16. The largest absolute Gasteiger partial charge is 0.366 e. The van der Waals surface area contributed by atoms with Crippen molar-refractivity contribution in [1.82, 2.24) is 9.97 Å². The topological polar surface area (TPSA) is 57.8 Å². The van der Waals surface area contributed by atoms with Crippen LogP contribution in [0, 0.1) is 0 Å². The summed E-state index contributed by atoms with van der Waals surface area (Å²) in [6, 6.07) is 12.4. The summed E-state index contributed by atoms with van der Waals surface area (Å²) in [5, 5.41) is 3.37. The van der Waals surface area contributed by atoms with Gasteiger partial charge in [0.05, 0.1) is 0 Å². The Morgan fingerprint density at radius 3 is 2.75 bits per heavy atom. The summed E-state index contributed by atoms with van der Waals surface area (Å²) in [7, 11) is 0. The Bertz CT molecular complexity index is 648. The third-order valence-corrected chi connectivity index (χ3v) is 3.66. The molecule has 20 heavy (non-hydrogen) atoms. The smallest absolute Gasteiger partial charge is 0.252 e. The van der Waals surface area contributed by atoms with E-state index >= 15 is 0 Å². The molecule has 0 amide bonds. The van der Waals surface area contributed by atoms with Crippen LogP contribution in [-0.2, 0) is 0 Å². The number of benzene rings is 1. The van der Waals surface area contributed by atoms with E-state index in [2.05, 4.69) is 39.6 Å². The van der Waals surface area contributed by atoms with E-state index in [0.717, 1.165) is 12.2 Å². The molecule has 1 aromatic heterocycles. The summed E-state index contributed by atoms with van der Waals surface area (Å²) in [5.74, 6) is 2.16. The second-order valence-corrected chi connectivity index (χ2v) is 5.67. The second kappa shape index (κ2) is 5.12. The van der Waals surface area contributed by atoms with Crippen molar-refractivity contribution in [3.05, 3.63) is 58.1 Å². The monoisotopic (exact) mass is 269 g/mol. The zero-order valence-electron chi connectivity index (χ0n) is 11.8. The molecule has 4 heteroatoms. The Hall–Kier alpha value is -2.10. The van der Waals surface area contributed by atoms with Gasteiger partial charge in [-0.15, -0.1) is 0 Å². The van der Waals surface area contributed by atoms with Gasteiger partial charge < -0.3 is 10.3 Å². The molecule has 0 saturated heterocycles. The van der Waals surface area contributed by atoms with Gasteiger partial charge in [-0.1, -0.05) is 44.2 Å². The van der Waals surface area contributed by atoms with Crippen molar-refractivity contribution >= 4 is 5.82 Å². The number of hydrogen-bond acceptors (Lipinski definition) is 3. The molecule has 1 fully saturated rings. The molecule has 104 valence electrons. The van der Waals surface area contributed by atoms with Crippen LogP contribution >= 0.6 is 0 Å². The highest BCUT2D eigenvalue weighted by Crippen LogP contribution is 2.42. The standard InChI is InChI=1S/C16H19N3O/c1-10(2)16-18-14(9-15(20)19-16)17-13-8-12(13)11-6-4-3-5-7-11/h3-7,9-10,12-13H,8H2,1-2H3,(H2,17,18,19,20). The number of H-pyrrole nitrogens is 1. The van der Waals surface area contributed by atoms with Crippen LogP contribution in [0.1, 0.15) is 43.5 Å². The summed E-state index contributed by atoms with van der Waals surface area (Å²) in [4.78, 5) is 18.9. The minimum Gasteiger partial charge on any atom is -0.366 e. The average molecular weight is 269 g/mol. The van der Waals surface area contributed by atoms with Gasteiger partial charge in [0.15, 0.2) is 0 Å². The quantitative estimate of drug-likeness (QED) is 0.897. The van der Waals surface area contributed by atoms with Crippen LogP contribution in [0.25, 0.3) is 0 Å². The third-order valence-electron chi connectivity index (χ3n) is 3.66. The van der Waals surface area contributed by atoms with Crippen LogP contribution in [0.2, 0.25) is 0 Å². The van der Waals surface area contributed by atoms with Gasteiger partial charge in [-0.05, 0) is 12.0 Å². The predicted molar refractivity (Wildman–Crippen MR) is 80.2 cm³/mol. The third kappa shape index (κ3) is 2.74. The van der Waals surface area contributed by atoms with Crippen molar-refractivity contribution in [2.24, 2.45) is 0 Å². The zero-order chi connectivity index (χ0) is 14.1. The van der Waals surface area contributed by atoms with Crippen molar-refractivity contribution in [3.63, 3.8) is 0 Å². The van der Waals surface area contributed by atoms with Gasteiger partial charge in [0, 0.05) is 23.9 Å². The summed E-state index contributed by atoms with van der Waals surface area (Å²) in [6.07, 6.45) is 1.09. The normalized spacial score (nSPS) is 20.9. The Labute approximate surface area is 118 Å². The molecule has 3 rings (SSSR count). The van der Waals surface area contributed by atoms with Crippen molar-refractivity contribution < 1.29 is 0 Å². The fourth-order valence-electron chi connectivity index (χ4n) is 2.44. The van der Waals surface area contributed by atoms with Crippen molar-refractivity contribution in [2.75, 3.05) is 5.32 Å². The minimum atomic E-state index is -0.0943. The fraction of sp³-hybridized carbons (Fsp3) is 0.375. The van der Waals surface area contributed by atoms with Crippen LogP contribution in [0.15, 0.2) is 41.2 Å². The Morgan fingerprint density at radius 2 is 2.05 bits per heavy atom. The van der Waals surface area contributed by atoms with Gasteiger partial charge in [-0.2, -0.15) is 0 Å². The molecule has 2 aromatic rings. The summed E-state index contributed by atoms with van der Waals surface area (Å²) >= 11 is 0. The fourth-order valence-corrected chi connectivity index (χ4v) is 2.44. The number of nitrogens with zero attached hydrogens (tertiary/aromatic N) is 1. The highest BCUT2D eigenvalue weighted by atomic mass is 16.1. The van der Waals surface area contributed by atoms with Crippen molar-refractivity contribution in [2.45, 2.75) is 38.1 Å². The van der Waals surface area contributed by atoms with E-state index in [0.29, 0.717) is 17.8 Å².